The SMILES string of the molecule is Cc1ccccc1[C@@H]1[C@H]2CN(C3CCCC3)C[C@H]2CN1C(=O)c1ccnn1C.O=CO. The molecule has 1 aromatic carbocycles. The van der Waals surface area contributed by atoms with E-state index in [1.807, 2.05) is 13.1 Å². The smallest absolute Gasteiger partial charge is 0.290 e. The molecule has 3 atom stereocenters. The third-order valence-electron chi connectivity index (χ3n) is 7.34. The molecule has 2 aromatic rings. The molecular formula is C24H32N4O3. The number of carboxylic acid groups (broad SMARTS) is 1. The Morgan fingerprint density at radius 1 is 1.13 bits per heavy atom. The molecule has 166 valence electrons. The second-order valence-electron chi connectivity index (χ2n) is 9.02. The normalized spacial score (nSPS) is 25.9. The van der Waals surface area contributed by atoms with Gasteiger partial charge in [-0.15, -0.1) is 0 Å². The number of carbonyl (C=O) groups is 2. The Labute approximate surface area is 183 Å². The van der Waals surface area contributed by atoms with Gasteiger partial charge in [-0.05, 0) is 42.9 Å². The quantitative estimate of drug-likeness (QED) is 0.766. The lowest BCUT2D eigenvalue weighted by atomic mass is 9.87. The fourth-order valence-corrected chi connectivity index (χ4v) is 5.90. The van der Waals surface area contributed by atoms with Crippen LogP contribution in [0, 0.1) is 18.8 Å². The van der Waals surface area contributed by atoms with Crippen LogP contribution in [0.2, 0.25) is 0 Å². The van der Waals surface area contributed by atoms with Crippen molar-refractivity contribution in [2.45, 2.75) is 44.7 Å². The van der Waals surface area contributed by atoms with Crippen molar-refractivity contribution in [3.05, 3.63) is 53.3 Å². The highest BCUT2D eigenvalue weighted by atomic mass is 16.3. The molecule has 7 nitrogen and oxygen atoms in total. The van der Waals surface area contributed by atoms with Gasteiger partial charge in [-0.1, -0.05) is 37.1 Å². The number of likely N-dealkylation sites (tertiary alicyclic amines) is 2. The van der Waals surface area contributed by atoms with E-state index in [0.29, 0.717) is 17.5 Å². The number of amides is 1. The average molecular weight is 425 g/mol. The summed E-state index contributed by atoms with van der Waals surface area (Å²) in [6.45, 7) is 5.06. The molecular weight excluding hydrogens is 392 g/mol. The van der Waals surface area contributed by atoms with Gasteiger partial charge in [0.05, 0.1) is 6.04 Å². The third-order valence-corrected chi connectivity index (χ3v) is 7.34. The number of aryl methyl sites for hydroxylation is 2. The lowest BCUT2D eigenvalue weighted by Gasteiger charge is -2.32. The van der Waals surface area contributed by atoms with Crippen LogP contribution in [0.1, 0.15) is 53.3 Å². The van der Waals surface area contributed by atoms with Crippen molar-refractivity contribution in [2.75, 3.05) is 19.6 Å². The molecule has 0 bridgehead atoms. The molecule has 3 aliphatic rings. The van der Waals surface area contributed by atoms with Crippen molar-refractivity contribution >= 4 is 12.4 Å². The molecule has 5 rings (SSSR count). The van der Waals surface area contributed by atoms with Crippen molar-refractivity contribution < 1.29 is 14.7 Å². The van der Waals surface area contributed by atoms with Crippen LogP contribution in [0.15, 0.2) is 36.5 Å². The van der Waals surface area contributed by atoms with E-state index in [4.69, 9.17) is 9.90 Å². The number of benzene rings is 1. The summed E-state index contributed by atoms with van der Waals surface area (Å²) in [7, 11) is 1.86. The number of carbonyl (C=O) groups excluding carboxylic acids is 1. The fraction of sp³-hybridized carbons (Fsp3) is 0.542. The largest absolute Gasteiger partial charge is 0.483 e. The molecule has 2 saturated heterocycles. The summed E-state index contributed by atoms with van der Waals surface area (Å²) in [5.41, 5.74) is 3.29. The van der Waals surface area contributed by atoms with Gasteiger partial charge in [-0.3, -0.25) is 19.2 Å². The first-order chi connectivity index (χ1) is 15.0. The molecule has 7 heteroatoms. The molecule has 1 saturated carbocycles. The van der Waals surface area contributed by atoms with E-state index in [9.17, 15) is 4.79 Å². The summed E-state index contributed by atoms with van der Waals surface area (Å²) in [5, 5.41) is 11.1. The summed E-state index contributed by atoms with van der Waals surface area (Å²) in [4.78, 5) is 26.7. The van der Waals surface area contributed by atoms with E-state index >= 15 is 0 Å². The van der Waals surface area contributed by atoms with Crippen molar-refractivity contribution in [1.82, 2.24) is 19.6 Å². The lowest BCUT2D eigenvalue weighted by Crippen LogP contribution is -2.39. The van der Waals surface area contributed by atoms with Crippen LogP contribution in [-0.4, -0.2) is 62.7 Å². The molecule has 0 radical (unpaired) electrons. The van der Waals surface area contributed by atoms with E-state index in [1.54, 1.807) is 10.9 Å². The minimum absolute atomic E-state index is 0.120. The van der Waals surface area contributed by atoms with Crippen LogP contribution in [0.4, 0.5) is 0 Å². The number of fused-ring (bicyclic) bond motifs is 1. The van der Waals surface area contributed by atoms with Gasteiger partial charge in [0.1, 0.15) is 5.69 Å². The van der Waals surface area contributed by atoms with Crippen LogP contribution in [0.3, 0.4) is 0 Å². The molecule has 3 fully saturated rings. The summed E-state index contributed by atoms with van der Waals surface area (Å²) in [6.07, 6.45) is 7.18. The van der Waals surface area contributed by atoms with Crippen LogP contribution >= 0.6 is 0 Å². The van der Waals surface area contributed by atoms with Gasteiger partial charge in [0.2, 0.25) is 0 Å². The van der Waals surface area contributed by atoms with E-state index in [1.165, 1.54) is 36.8 Å². The number of hydrogen-bond donors (Lipinski definition) is 1. The Morgan fingerprint density at radius 2 is 1.84 bits per heavy atom. The van der Waals surface area contributed by atoms with Crippen molar-refractivity contribution in [1.29, 1.82) is 0 Å². The minimum Gasteiger partial charge on any atom is -0.483 e. The van der Waals surface area contributed by atoms with Crippen LogP contribution < -0.4 is 0 Å². The van der Waals surface area contributed by atoms with E-state index in [2.05, 4.69) is 46.1 Å². The fourth-order valence-electron chi connectivity index (χ4n) is 5.90. The first-order valence-electron chi connectivity index (χ1n) is 11.2. The number of aromatic nitrogens is 2. The van der Waals surface area contributed by atoms with Crippen LogP contribution in [0.25, 0.3) is 0 Å². The molecule has 2 aliphatic heterocycles. The van der Waals surface area contributed by atoms with Gasteiger partial charge in [-0.2, -0.15) is 5.10 Å². The van der Waals surface area contributed by atoms with Gasteiger partial charge in [0, 0.05) is 44.8 Å². The lowest BCUT2D eigenvalue weighted by molar-refractivity contribution is -0.122. The highest BCUT2D eigenvalue weighted by Gasteiger charge is 2.50. The standard InChI is InChI=1S/C23H30N4O.CH2O2/c1-16-7-3-6-10-19(16)22-20-15-26(18-8-4-5-9-18)13-17(20)14-27(22)23(28)21-11-12-24-25(21)2;2-1-3/h3,6-7,10-12,17-18,20,22H,4-5,8-9,13-15H2,1-2H3;1H,(H,2,3)/t17-,20-,22+;/m0./s1. The maximum Gasteiger partial charge on any atom is 0.290 e. The summed E-state index contributed by atoms with van der Waals surface area (Å²) >= 11 is 0. The monoisotopic (exact) mass is 424 g/mol. The molecule has 31 heavy (non-hydrogen) atoms. The molecule has 1 aromatic heterocycles. The van der Waals surface area contributed by atoms with Gasteiger partial charge in [0.25, 0.3) is 12.4 Å². The van der Waals surface area contributed by atoms with Crippen molar-refractivity contribution in [3.8, 4) is 0 Å². The van der Waals surface area contributed by atoms with Crippen molar-refractivity contribution in [2.24, 2.45) is 18.9 Å². The zero-order valence-corrected chi connectivity index (χ0v) is 18.4. The van der Waals surface area contributed by atoms with Gasteiger partial charge < -0.3 is 10.0 Å². The first kappa shape index (κ1) is 21.6. The van der Waals surface area contributed by atoms with Crippen LogP contribution in [0.5, 0.6) is 0 Å². The average Bonchev–Trinajstić information content (AvgIpc) is 3.52. The number of nitrogens with zero attached hydrogens (tertiary/aromatic N) is 4. The van der Waals surface area contributed by atoms with Gasteiger partial charge in [0.15, 0.2) is 0 Å². The van der Waals surface area contributed by atoms with E-state index in [0.717, 1.165) is 25.7 Å². The summed E-state index contributed by atoms with van der Waals surface area (Å²) in [6, 6.07) is 11.4. The van der Waals surface area contributed by atoms with Crippen molar-refractivity contribution in [3.63, 3.8) is 0 Å². The number of hydrogen-bond acceptors (Lipinski definition) is 4. The zero-order valence-electron chi connectivity index (χ0n) is 18.4. The Kier molecular flexibility index (Phi) is 6.41. The van der Waals surface area contributed by atoms with Gasteiger partial charge >= 0.3 is 0 Å². The highest BCUT2D eigenvalue weighted by molar-refractivity contribution is 5.93. The van der Waals surface area contributed by atoms with Gasteiger partial charge in [-0.25, -0.2) is 0 Å². The second kappa shape index (κ2) is 9.22. The number of rotatable bonds is 3. The maximum absolute atomic E-state index is 13.4. The predicted molar refractivity (Wildman–Crippen MR) is 118 cm³/mol. The maximum atomic E-state index is 13.4. The van der Waals surface area contributed by atoms with E-state index < -0.39 is 0 Å². The molecule has 0 spiro atoms. The Balaban J connectivity index is 0.000000730. The second-order valence-corrected chi connectivity index (χ2v) is 9.02. The molecule has 1 aliphatic carbocycles. The molecule has 3 heterocycles. The predicted octanol–water partition coefficient (Wildman–Crippen LogP) is 3.12. The van der Waals surface area contributed by atoms with Crippen LogP contribution in [-0.2, 0) is 11.8 Å². The third kappa shape index (κ3) is 4.11. The highest BCUT2D eigenvalue weighted by Crippen LogP contribution is 2.47. The minimum atomic E-state index is -0.250. The first-order valence-corrected chi connectivity index (χ1v) is 11.2. The molecule has 1 N–H and O–H groups in total. The Hall–Kier alpha value is -2.67. The molecule has 1 amide bonds. The summed E-state index contributed by atoms with van der Waals surface area (Å²) in [5.74, 6) is 1.22. The molecule has 0 unspecified atom stereocenters. The Morgan fingerprint density at radius 3 is 2.48 bits per heavy atom. The topological polar surface area (TPSA) is 78.7 Å². The zero-order chi connectivity index (χ0) is 22.0. The van der Waals surface area contributed by atoms with E-state index in [-0.39, 0.29) is 18.4 Å². The summed E-state index contributed by atoms with van der Waals surface area (Å²) < 4.78 is 1.70. The Bertz CT molecular complexity index is 921.